The molecule has 0 aliphatic heterocycles. The summed E-state index contributed by atoms with van der Waals surface area (Å²) in [7, 11) is 0. The summed E-state index contributed by atoms with van der Waals surface area (Å²) in [6, 6.07) is 6.71. The van der Waals surface area contributed by atoms with Gasteiger partial charge >= 0.3 is 6.18 Å². The van der Waals surface area contributed by atoms with Crippen molar-refractivity contribution in [1.82, 2.24) is 0 Å². The summed E-state index contributed by atoms with van der Waals surface area (Å²) in [5.74, 6) is -0.849. The molecule has 0 saturated carbocycles. The Balaban J connectivity index is 2.70. The third-order valence-corrected chi connectivity index (χ3v) is 2.94. The Hall–Kier alpha value is -1.75. The lowest BCUT2D eigenvalue weighted by molar-refractivity contribution is -0.137. The lowest BCUT2D eigenvalue weighted by Gasteiger charge is -2.14. The van der Waals surface area contributed by atoms with Crippen molar-refractivity contribution in [2.75, 3.05) is 5.73 Å². The normalized spacial score (nSPS) is 11.6. The Labute approximate surface area is 111 Å². The van der Waals surface area contributed by atoms with E-state index in [0.29, 0.717) is 0 Å². The summed E-state index contributed by atoms with van der Waals surface area (Å²) >= 11 is 5.73. The highest BCUT2D eigenvalue weighted by atomic mass is 35.5. The van der Waals surface area contributed by atoms with E-state index in [0.717, 1.165) is 18.2 Å². The van der Waals surface area contributed by atoms with Gasteiger partial charge in [-0.15, -0.1) is 0 Å². The number of halogens is 5. The second kappa shape index (κ2) is 4.74. The Kier molecular flexibility index (Phi) is 3.41. The zero-order valence-electron chi connectivity index (χ0n) is 9.43. The van der Waals surface area contributed by atoms with Gasteiger partial charge in [0, 0.05) is 5.56 Å². The van der Waals surface area contributed by atoms with Gasteiger partial charge in [-0.25, -0.2) is 4.39 Å². The largest absolute Gasteiger partial charge is 0.417 e. The van der Waals surface area contributed by atoms with Crippen LogP contribution in [0.5, 0.6) is 0 Å². The first kappa shape index (κ1) is 13.7. The van der Waals surface area contributed by atoms with Crippen LogP contribution in [0, 0.1) is 5.82 Å². The van der Waals surface area contributed by atoms with Crippen LogP contribution in [0.15, 0.2) is 36.4 Å². The van der Waals surface area contributed by atoms with Gasteiger partial charge in [-0.1, -0.05) is 29.8 Å². The van der Waals surface area contributed by atoms with Gasteiger partial charge in [0.05, 0.1) is 16.3 Å². The minimum Gasteiger partial charge on any atom is -0.397 e. The Bertz CT molecular complexity index is 623. The molecule has 6 heteroatoms. The van der Waals surface area contributed by atoms with Crippen molar-refractivity contribution in [2.45, 2.75) is 6.18 Å². The summed E-state index contributed by atoms with van der Waals surface area (Å²) in [4.78, 5) is 0. The fraction of sp³-hybridized carbons (Fsp3) is 0.0769. The van der Waals surface area contributed by atoms with Crippen molar-refractivity contribution in [3.8, 4) is 11.1 Å². The van der Waals surface area contributed by atoms with Gasteiger partial charge in [0.1, 0.15) is 5.82 Å². The predicted molar refractivity (Wildman–Crippen MR) is 66.3 cm³/mol. The van der Waals surface area contributed by atoms with Crippen LogP contribution in [0.25, 0.3) is 11.1 Å². The van der Waals surface area contributed by atoms with Crippen molar-refractivity contribution >= 4 is 17.3 Å². The van der Waals surface area contributed by atoms with Gasteiger partial charge in [0.15, 0.2) is 0 Å². The first-order valence-corrected chi connectivity index (χ1v) is 5.59. The van der Waals surface area contributed by atoms with E-state index in [-0.39, 0.29) is 21.8 Å². The first-order chi connectivity index (χ1) is 8.80. The van der Waals surface area contributed by atoms with E-state index >= 15 is 0 Å². The van der Waals surface area contributed by atoms with Crippen molar-refractivity contribution in [3.63, 3.8) is 0 Å². The van der Waals surface area contributed by atoms with Gasteiger partial charge in [-0.05, 0) is 23.8 Å². The highest BCUT2D eigenvalue weighted by molar-refractivity contribution is 6.33. The number of anilines is 1. The SMILES string of the molecule is Nc1cc(F)c(-c2ccccc2C(F)(F)F)cc1Cl. The van der Waals surface area contributed by atoms with Crippen molar-refractivity contribution < 1.29 is 17.6 Å². The summed E-state index contributed by atoms with van der Waals surface area (Å²) < 4.78 is 52.4. The molecule has 0 heterocycles. The highest BCUT2D eigenvalue weighted by Gasteiger charge is 2.33. The van der Waals surface area contributed by atoms with E-state index in [9.17, 15) is 17.6 Å². The van der Waals surface area contributed by atoms with Crippen LogP contribution in [0.3, 0.4) is 0 Å². The van der Waals surface area contributed by atoms with Crippen LogP contribution in [-0.2, 0) is 6.18 Å². The molecule has 0 bridgehead atoms. The van der Waals surface area contributed by atoms with Gasteiger partial charge in [-0.2, -0.15) is 13.2 Å². The summed E-state index contributed by atoms with van der Waals surface area (Å²) in [6.07, 6.45) is -4.57. The molecule has 0 radical (unpaired) electrons. The van der Waals surface area contributed by atoms with Crippen LogP contribution >= 0.6 is 11.6 Å². The molecule has 0 aliphatic rings. The molecule has 0 saturated heterocycles. The molecule has 19 heavy (non-hydrogen) atoms. The summed E-state index contributed by atoms with van der Waals surface area (Å²) in [6.45, 7) is 0. The van der Waals surface area contributed by atoms with Crippen LogP contribution < -0.4 is 5.73 Å². The first-order valence-electron chi connectivity index (χ1n) is 5.22. The van der Waals surface area contributed by atoms with E-state index in [4.69, 9.17) is 17.3 Å². The Morgan fingerprint density at radius 2 is 1.63 bits per heavy atom. The van der Waals surface area contributed by atoms with E-state index < -0.39 is 17.6 Å². The topological polar surface area (TPSA) is 26.0 Å². The molecular formula is C13H8ClF4N. The fourth-order valence-electron chi connectivity index (χ4n) is 1.73. The zero-order valence-corrected chi connectivity index (χ0v) is 10.2. The summed E-state index contributed by atoms with van der Waals surface area (Å²) in [5, 5.41) is 0.00776. The number of rotatable bonds is 1. The molecule has 2 N–H and O–H groups in total. The van der Waals surface area contributed by atoms with Crippen LogP contribution in [-0.4, -0.2) is 0 Å². The predicted octanol–water partition coefficient (Wildman–Crippen LogP) is 4.75. The van der Waals surface area contributed by atoms with Crippen LogP contribution in [0.2, 0.25) is 5.02 Å². The lowest BCUT2D eigenvalue weighted by atomic mass is 9.98. The molecule has 1 nitrogen and oxygen atoms in total. The number of alkyl halides is 3. The number of hydrogen-bond acceptors (Lipinski definition) is 1. The zero-order chi connectivity index (χ0) is 14.2. The second-order valence-corrected chi connectivity index (χ2v) is 4.30. The molecule has 0 aliphatic carbocycles. The average Bonchev–Trinajstić information content (AvgIpc) is 2.33. The van der Waals surface area contributed by atoms with Crippen molar-refractivity contribution in [2.24, 2.45) is 0 Å². The van der Waals surface area contributed by atoms with Crippen LogP contribution in [0.4, 0.5) is 23.2 Å². The maximum Gasteiger partial charge on any atom is 0.417 e. The number of benzene rings is 2. The van der Waals surface area contributed by atoms with Crippen molar-refractivity contribution in [3.05, 3.63) is 52.8 Å². The maximum atomic E-state index is 13.8. The molecule has 100 valence electrons. The molecule has 0 aromatic heterocycles. The lowest BCUT2D eigenvalue weighted by Crippen LogP contribution is -2.07. The molecule has 0 fully saturated rings. The highest BCUT2D eigenvalue weighted by Crippen LogP contribution is 2.39. The number of nitrogens with two attached hydrogens (primary N) is 1. The van der Waals surface area contributed by atoms with Gasteiger partial charge in [0.25, 0.3) is 0 Å². The summed E-state index contributed by atoms with van der Waals surface area (Å²) in [5.41, 5.74) is 3.96. The smallest absolute Gasteiger partial charge is 0.397 e. The standard InChI is InChI=1S/C13H8ClF4N/c14-10-5-8(11(15)6-12(10)19)7-3-1-2-4-9(7)13(16,17)18/h1-6H,19H2. The van der Waals surface area contributed by atoms with E-state index in [1.807, 2.05) is 0 Å². The number of nitrogen functional groups attached to an aromatic ring is 1. The molecule has 2 aromatic rings. The average molecular weight is 290 g/mol. The Morgan fingerprint density at radius 1 is 1.00 bits per heavy atom. The second-order valence-electron chi connectivity index (χ2n) is 3.90. The molecule has 0 spiro atoms. The van der Waals surface area contributed by atoms with E-state index in [1.54, 1.807) is 0 Å². The molecule has 2 rings (SSSR count). The minimum atomic E-state index is -4.57. The molecule has 2 aromatic carbocycles. The van der Waals surface area contributed by atoms with Gasteiger partial charge in [-0.3, -0.25) is 0 Å². The van der Waals surface area contributed by atoms with Gasteiger partial charge < -0.3 is 5.73 Å². The number of hydrogen-bond donors (Lipinski definition) is 1. The fourth-order valence-corrected chi connectivity index (χ4v) is 1.90. The van der Waals surface area contributed by atoms with Crippen molar-refractivity contribution in [1.29, 1.82) is 0 Å². The van der Waals surface area contributed by atoms with Gasteiger partial charge in [0.2, 0.25) is 0 Å². The molecule has 0 amide bonds. The monoisotopic (exact) mass is 289 g/mol. The third-order valence-electron chi connectivity index (χ3n) is 2.61. The van der Waals surface area contributed by atoms with E-state index in [1.165, 1.54) is 18.2 Å². The molecular weight excluding hydrogens is 282 g/mol. The molecule has 0 atom stereocenters. The quantitative estimate of drug-likeness (QED) is 0.595. The Morgan fingerprint density at radius 3 is 2.26 bits per heavy atom. The van der Waals surface area contributed by atoms with Crippen LogP contribution in [0.1, 0.15) is 5.56 Å². The third kappa shape index (κ3) is 2.66. The maximum absolute atomic E-state index is 13.8. The van der Waals surface area contributed by atoms with E-state index in [2.05, 4.69) is 0 Å². The molecule has 0 unspecified atom stereocenters. The minimum absolute atomic E-state index is 0.00776.